The van der Waals surface area contributed by atoms with Crippen molar-refractivity contribution < 1.29 is 49.1 Å². The molecular weight excluding hydrogens is 490 g/mol. The minimum Gasteiger partial charge on any atom is -0.478 e. The molecule has 0 atom stereocenters. The Kier molecular flexibility index (Phi) is 7.38. The monoisotopic (exact) mass is 515 g/mol. The summed E-state index contributed by atoms with van der Waals surface area (Å²) >= 11 is 0. The maximum absolute atomic E-state index is 12.4. The van der Waals surface area contributed by atoms with Gasteiger partial charge in [0.25, 0.3) is 0 Å². The molecule has 0 amide bonds. The Morgan fingerprint density at radius 1 is 0.838 bits per heavy atom. The van der Waals surface area contributed by atoms with E-state index in [0.29, 0.717) is 17.1 Å². The molecule has 13 heteroatoms. The molecule has 3 saturated heterocycles. The number of ketones is 2. The first-order valence-electron chi connectivity index (χ1n) is 11.5. The van der Waals surface area contributed by atoms with Crippen LogP contribution in [0.2, 0.25) is 0 Å². The number of benzene rings is 1. The highest BCUT2D eigenvalue weighted by molar-refractivity contribution is 6.22. The van der Waals surface area contributed by atoms with Crippen molar-refractivity contribution in [1.82, 2.24) is 14.7 Å². The fraction of sp³-hybridized carbons (Fsp3) is 0.375. The number of Topliss-reactive ketones (excluding diaryl/α,β-unsaturated/α-hetero) is 1. The van der Waals surface area contributed by atoms with E-state index in [9.17, 15) is 24.0 Å². The second-order valence-electron chi connectivity index (χ2n) is 8.64. The molecule has 0 radical (unpaired) electrons. The Morgan fingerprint density at radius 2 is 1.38 bits per heavy atom. The first kappa shape index (κ1) is 26.0. The van der Waals surface area contributed by atoms with Crippen molar-refractivity contribution in [3.63, 3.8) is 0 Å². The lowest BCUT2D eigenvalue weighted by molar-refractivity contribution is -0.117. The van der Waals surface area contributed by atoms with Crippen LogP contribution in [-0.4, -0.2) is 123 Å². The summed E-state index contributed by atoms with van der Waals surface area (Å²) in [6, 6.07) is 3.65. The van der Waals surface area contributed by atoms with Crippen molar-refractivity contribution in [1.29, 1.82) is 0 Å². The molecule has 4 aliphatic heterocycles. The van der Waals surface area contributed by atoms with E-state index in [-0.39, 0.29) is 41.5 Å². The number of aliphatic hydroxyl groups excluding tert-OH is 3. The summed E-state index contributed by atoms with van der Waals surface area (Å²) in [4.78, 5) is 63.0. The molecule has 6 rings (SSSR count). The lowest BCUT2D eigenvalue weighted by Crippen LogP contribution is -2.29. The van der Waals surface area contributed by atoms with Gasteiger partial charge in [0.1, 0.15) is 17.5 Å². The van der Waals surface area contributed by atoms with Crippen molar-refractivity contribution in [3.8, 4) is 0 Å². The number of fused-ring (bicyclic) bond motifs is 1. The lowest BCUT2D eigenvalue weighted by Gasteiger charge is -2.21. The zero-order valence-electron chi connectivity index (χ0n) is 19.6. The molecule has 0 aromatic heterocycles. The Labute approximate surface area is 210 Å². The third-order valence-corrected chi connectivity index (χ3v) is 5.80. The van der Waals surface area contributed by atoms with Crippen molar-refractivity contribution in [2.75, 3.05) is 52.5 Å². The highest BCUT2D eigenvalue weighted by Gasteiger charge is 2.43. The number of hydrogen-bond acceptors (Lipinski definition) is 12. The molecule has 4 heterocycles. The van der Waals surface area contributed by atoms with E-state index in [0.717, 1.165) is 45.3 Å². The van der Waals surface area contributed by atoms with Gasteiger partial charge in [-0.1, -0.05) is 0 Å². The number of esters is 2. The molecule has 0 bridgehead atoms. The van der Waals surface area contributed by atoms with Gasteiger partial charge in [-0.2, -0.15) is 0 Å². The third kappa shape index (κ3) is 5.85. The molecule has 3 fully saturated rings. The molecule has 1 aromatic rings. The zero-order valence-corrected chi connectivity index (χ0v) is 19.6. The number of ether oxygens (including phenoxy) is 1. The average molecular weight is 515 g/mol. The Hall–Kier alpha value is -4.07. The molecule has 13 nitrogen and oxygen atoms in total. The van der Waals surface area contributed by atoms with E-state index in [1.165, 1.54) is 18.2 Å². The first-order chi connectivity index (χ1) is 17.7. The van der Waals surface area contributed by atoms with E-state index in [1.807, 2.05) is 14.7 Å². The number of carboxylic acids is 1. The Balaban J connectivity index is 0.000000145. The summed E-state index contributed by atoms with van der Waals surface area (Å²) in [6.07, 6.45) is 0.570. The number of hydrogen-bond donors (Lipinski definition) is 4. The van der Waals surface area contributed by atoms with Gasteiger partial charge in [0.05, 0.1) is 35.6 Å². The molecule has 1 aliphatic carbocycles. The molecule has 4 N–H and O–H groups in total. The summed E-state index contributed by atoms with van der Waals surface area (Å²) in [6.45, 7) is 4.68. The topological polar surface area (TPSA) is 185 Å². The van der Waals surface area contributed by atoms with Gasteiger partial charge in [-0.3, -0.25) is 9.59 Å². The molecular formula is C24H25N3O10. The van der Waals surface area contributed by atoms with Gasteiger partial charge < -0.3 is 39.9 Å². The van der Waals surface area contributed by atoms with Gasteiger partial charge in [-0.25, -0.2) is 14.4 Å². The van der Waals surface area contributed by atoms with Gasteiger partial charge in [0.2, 0.25) is 11.6 Å². The molecule has 0 unspecified atom stereocenters. The average Bonchev–Trinajstić information content (AvgIpc) is 3.73. The van der Waals surface area contributed by atoms with Crippen LogP contribution in [0.25, 0.3) is 0 Å². The van der Waals surface area contributed by atoms with Crippen LogP contribution in [0.15, 0.2) is 41.4 Å². The van der Waals surface area contributed by atoms with Crippen molar-refractivity contribution in [3.05, 3.63) is 58.1 Å². The SMILES string of the molecule is O=C(O)c1ccc2c(c1)C(=O)OC2=O.O=C1C=C(N2CC2)C(=O)C(N2CC2)=C1N1CC1.OCC(O)CO. The summed E-state index contributed by atoms with van der Waals surface area (Å²) in [5.74, 6) is -2.64. The highest BCUT2D eigenvalue weighted by atomic mass is 16.6. The van der Waals surface area contributed by atoms with Gasteiger partial charge in [0, 0.05) is 45.3 Å². The van der Waals surface area contributed by atoms with Crippen molar-refractivity contribution in [2.24, 2.45) is 0 Å². The van der Waals surface area contributed by atoms with Crippen LogP contribution in [0.5, 0.6) is 0 Å². The van der Waals surface area contributed by atoms with Crippen LogP contribution in [0.3, 0.4) is 0 Å². The molecule has 0 spiro atoms. The molecule has 0 saturated carbocycles. The van der Waals surface area contributed by atoms with Crippen LogP contribution in [-0.2, 0) is 14.3 Å². The minimum atomic E-state index is -1.15. The predicted octanol–water partition coefficient (Wildman–Crippen LogP) is -1.79. The second kappa shape index (κ2) is 10.5. The standard InChI is InChI=1S/C12H13N3O2.C9H4O5.C3H8O3/c16-9-7-8(13-1-2-13)12(17)11(15-5-6-15)10(9)14-3-4-14;10-7(11)4-1-2-5-6(3-4)9(13)14-8(5)12;4-1-3(6)2-5/h7H,1-6H2;1-3H,(H,10,11);3-6H,1-2H2. The van der Waals surface area contributed by atoms with E-state index in [1.54, 1.807) is 0 Å². The van der Waals surface area contributed by atoms with E-state index in [2.05, 4.69) is 4.74 Å². The van der Waals surface area contributed by atoms with Crippen LogP contribution in [0, 0.1) is 0 Å². The number of carbonyl (C=O) groups is 5. The highest BCUT2D eigenvalue weighted by Crippen LogP contribution is 2.34. The van der Waals surface area contributed by atoms with Gasteiger partial charge in [-0.05, 0) is 18.2 Å². The van der Waals surface area contributed by atoms with Gasteiger partial charge in [-0.15, -0.1) is 0 Å². The fourth-order valence-electron chi connectivity index (χ4n) is 3.55. The van der Waals surface area contributed by atoms with Crippen LogP contribution in [0.1, 0.15) is 31.1 Å². The summed E-state index contributed by atoms with van der Waals surface area (Å²) < 4.78 is 4.30. The zero-order chi connectivity index (χ0) is 26.9. The number of nitrogens with zero attached hydrogens (tertiary/aromatic N) is 3. The number of cyclic esters (lactones) is 2. The Morgan fingerprint density at radius 3 is 1.86 bits per heavy atom. The predicted molar refractivity (Wildman–Crippen MR) is 123 cm³/mol. The van der Waals surface area contributed by atoms with Gasteiger partial charge >= 0.3 is 17.9 Å². The maximum atomic E-state index is 12.4. The minimum absolute atomic E-state index is 0.00546. The number of allylic oxidation sites excluding steroid dienone is 1. The summed E-state index contributed by atoms with van der Waals surface area (Å²) in [5, 5.41) is 32.6. The quantitative estimate of drug-likeness (QED) is 0.144. The maximum Gasteiger partial charge on any atom is 0.346 e. The Bertz CT molecular complexity index is 1220. The van der Waals surface area contributed by atoms with Crippen molar-refractivity contribution in [2.45, 2.75) is 6.10 Å². The van der Waals surface area contributed by atoms with Gasteiger partial charge in [0.15, 0.2) is 0 Å². The molecule has 37 heavy (non-hydrogen) atoms. The summed E-state index contributed by atoms with van der Waals surface area (Å²) in [7, 11) is 0. The number of carbonyl (C=O) groups excluding carboxylic acids is 4. The van der Waals surface area contributed by atoms with Crippen molar-refractivity contribution >= 4 is 29.5 Å². The number of aromatic carboxylic acids is 1. The number of aliphatic hydroxyl groups is 3. The fourth-order valence-corrected chi connectivity index (χ4v) is 3.55. The normalized spacial score (nSPS) is 19.0. The van der Waals surface area contributed by atoms with E-state index in [4.69, 9.17) is 20.4 Å². The van der Waals surface area contributed by atoms with E-state index >= 15 is 0 Å². The molecule has 196 valence electrons. The van der Waals surface area contributed by atoms with Crippen LogP contribution < -0.4 is 0 Å². The van der Waals surface area contributed by atoms with Crippen LogP contribution >= 0.6 is 0 Å². The first-order valence-corrected chi connectivity index (χ1v) is 11.5. The summed E-state index contributed by atoms with van der Waals surface area (Å²) in [5.41, 5.74) is 1.96. The molecule has 5 aliphatic rings. The smallest absolute Gasteiger partial charge is 0.346 e. The third-order valence-electron chi connectivity index (χ3n) is 5.80. The van der Waals surface area contributed by atoms with Crippen LogP contribution in [0.4, 0.5) is 0 Å². The number of carboxylic acid groups (broad SMARTS) is 1. The number of rotatable bonds is 6. The second-order valence-corrected chi connectivity index (χ2v) is 8.64. The van der Waals surface area contributed by atoms with E-state index < -0.39 is 24.0 Å². The lowest BCUT2D eigenvalue weighted by atomic mass is 10.0. The molecule has 1 aromatic carbocycles. The largest absolute Gasteiger partial charge is 0.478 e.